The fourth-order valence-corrected chi connectivity index (χ4v) is 7.26. The molecule has 5 aliphatic heterocycles. The zero-order valence-corrected chi connectivity index (χ0v) is 28.4. The van der Waals surface area contributed by atoms with Crippen LogP contribution in [0.3, 0.4) is 0 Å². The highest BCUT2D eigenvalue weighted by molar-refractivity contribution is 6.32. The van der Waals surface area contributed by atoms with Gasteiger partial charge in [0.1, 0.15) is 12.0 Å². The Balaban J connectivity index is 1.41. The van der Waals surface area contributed by atoms with Gasteiger partial charge in [0.05, 0.1) is 11.3 Å². The molecule has 5 aliphatic rings. The van der Waals surface area contributed by atoms with Crippen molar-refractivity contribution in [2.75, 3.05) is 11.4 Å². The van der Waals surface area contributed by atoms with Crippen LogP contribution in [-0.4, -0.2) is 68.7 Å². The number of aliphatic carboxylic acids is 2. The zero-order valence-electron chi connectivity index (χ0n) is 28.4. The summed E-state index contributed by atoms with van der Waals surface area (Å²) in [6.07, 6.45) is 7.01. The Morgan fingerprint density at radius 1 is 0.692 bits per heavy atom. The molecule has 0 radical (unpaired) electrons. The highest BCUT2D eigenvalue weighted by Gasteiger charge is 2.36. The molecule has 3 N–H and O–H groups in total. The van der Waals surface area contributed by atoms with Crippen LogP contribution in [0.5, 0.6) is 0 Å². The Hall–Kier alpha value is -6.96. The van der Waals surface area contributed by atoms with Crippen LogP contribution in [0.2, 0.25) is 0 Å². The number of H-pyrrole nitrogens is 1. The molecule has 2 aromatic carbocycles. The van der Waals surface area contributed by atoms with Crippen LogP contribution in [0.25, 0.3) is 6.08 Å². The maximum Gasteiger partial charge on any atom is 0.370 e. The second kappa shape index (κ2) is 11.3. The number of aromatic nitrogens is 2. The van der Waals surface area contributed by atoms with Crippen molar-refractivity contribution in [3.8, 4) is 0 Å². The zero-order chi connectivity index (χ0) is 36.0. The number of hydrogen-bond acceptors (Lipinski definition) is 10. The minimum absolute atomic E-state index is 0.255. The number of fused-ring (bicyclic) bond motifs is 17. The molecule has 0 saturated carbocycles. The number of aromatic amines is 1. The number of anilines is 1. The molecule has 14 nitrogen and oxygen atoms in total. The van der Waals surface area contributed by atoms with Crippen molar-refractivity contribution in [1.29, 1.82) is 0 Å². The maximum atomic E-state index is 12.0. The second-order valence-corrected chi connectivity index (χ2v) is 13.0. The number of pyridine rings is 1. The molecular weight excluding hydrogens is 660 g/mol. The van der Waals surface area contributed by atoms with Gasteiger partial charge in [-0.2, -0.15) is 4.57 Å². The van der Waals surface area contributed by atoms with Crippen molar-refractivity contribution in [1.82, 2.24) is 4.98 Å². The van der Waals surface area contributed by atoms with Gasteiger partial charge in [0, 0.05) is 39.7 Å². The van der Waals surface area contributed by atoms with E-state index in [-0.39, 0.29) is 18.9 Å². The molecule has 9 rings (SSSR count). The van der Waals surface area contributed by atoms with Gasteiger partial charge in [-0.05, 0) is 68.2 Å². The van der Waals surface area contributed by atoms with Gasteiger partial charge in [-0.25, -0.2) is 39.7 Å². The Morgan fingerprint density at radius 3 is 1.83 bits per heavy atom. The number of aryl methyl sites for hydroxylation is 4. The van der Waals surface area contributed by atoms with Gasteiger partial charge in [0.25, 0.3) is 5.69 Å². The molecule has 0 amide bonds. The quantitative estimate of drug-likeness (QED) is 0.278. The number of aliphatic imine (C=N–C) groups is 6. The highest BCUT2D eigenvalue weighted by Crippen LogP contribution is 2.33. The molecule has 8 bridgehead atoms. The van der Waals surface area contributed by atoms with Crippen molar-refractivity contribution in [3.63, 3.8) is 0 Å². The second-order valence-electron chi connectivity index (χ2n) is 13.0. The number of nitrogens with zero attached hydrogens (tertiary/aromatic N) is 9. The average molecular weight is 690 g/mol. The third kappa shape index (κ3) is 4.71. The lowest BCUT2D eigenvalue weighted by molar-refractivity contribution is -0.687. The van der Waals surface area contributed by atoms with Gasteiger partial charge in [0.15, 0.2) is 41.2 Å². The SMILES string of the molecule is Cc1ccc(C)c2c1C1=NC2=Nc2[nH]c(c3c2N(CC(=O)O)C=CC=3)=NC2=NC(=NC3=NC(=N1)c1ccc[n+](CC(=O)O)c13)c1c(C)ccc(C)c12. The first kappa shape index (κ1) is 31.1. The number of carbonyl (C=O) groups is 2. The van der Waals surface area contributed by atoms with E-state index < -0.39 is 11.9 Å². The number of allylic oxidation sites excluding steroid dienone is 1. The number of nitrogens with one attached hydrogen (secondary N) is 1. The van der Waals surface area contributed by atoms with E-state index in [9.17, 15) is 19.8 Å². The minimum Gasteiger partial charge on any atom is -0.480 e. The number of amidine groups is 6. The van der Waals surface area contributed by atoms with Crippen LogP contribution >= 0.6 is 0 Å². The fourth-order valence-electron chi connectivity index (χ4n) is 7.26. The van der Waals surface area contributed by atoms with E-state index in [1.165, 1.54) is 0 Å². The number of rotatable bonds is 4. The monoisotopic (exact) mass is 689 g/mol. The summed E-state index contributed by atoms with van der Waals surface area (Å²) in [6, 6.07) is 11.6. The summed E-state index contributed by atoms with van der Waals surface area (Å²) in [5, 5.41) is 20.3. The van der Waals surface area contributed by atoms with Crippen LogP contribution in [-0.2, 0) is 16.1 Å². The van der Waals surface area contributed by atoms with Crippen molar-refractivity contribution < 1.29 is 24.4 Å². The van der Waals surface area contributed by atoms with E-state index in [0.717, 1.165) is 44.5 Å². The third-order valence-corrected chi connectivity index (χ3v) is 9.56. The molecule has 0 saturated heterocycles. The summed E-state index contributed by atoms with van der Waals surface area (Å²) in [6.45, 7) is 7.28. The molecule has 0 atom stereocenters. The summed E-state index contributed by atoms with van der Waals surface area (Å²) in [4.78, 5) is 64.1. The lowest BCUT2D eigenvalue weighted by Gasteiger charge is -2.19. The predicted molar refractivity (Wildman–Crippen MR) is 195 cm³/mol. The smallest absolute Gasteiger partial charge is 0.370 e. The normalized spacial score (nSPS) is 15.9. The van der Waals surface area contributed by atoms with Crippen LogP contribution in [0.15, 0.2) is 89.8 Å². The van der Waals surface area contributed by atoms with Crippen LogP contribution < -0.4 is 20.2 Å². The number of benzene rings is 2. The molecular formula is C38H29N10O4+. The van der Waals surface area contributed by atoms with E-state index in [4.69, 9.17) is 34.9 Å². The maximum absolute atomic E-state index is 12.0. The minimum atomic E-state index is -1.02. The summed E-state index contributed by atoms with van der Waals surface area (Å²) in [7, 11) is 0. The molecule has 52 heavy (non-hydrogen) atoms. The molecule has 7 heterocycles. The Labute approximate surface area is 295 Å². The molecule has 2 aromatic heterocycles. The van der Waals surface area contributed by atoms with Crippen LogP contribution in [0.1, 0.15) is 55.8 Å². The first-order chi connectivity index (χ1) is 25.0. The Kier molecular flexibility index (Phi) is 6.74. The lowest BCUT2D eigenvalue weighted by atomic mass is 9.98. The van der Waals surface area contributed by atoms with Gasteiger partial charge in [-0.15, -0.1) is 0 Å². The Morgan fingerprint density at radius 2 is 1.23 bits per heavy atom. The fraction of sp³-hybridized carbons (Fsp3) is 0.158. The molecule has 0 aliphatic carbocycles. The Bertz CT molecular complexity index is 2740. The average Bonchev–Trinajstić information content (AvgIpc) is 3.84. The van der Waals surface area contributed by atoms with Crippen molar-refractivity contribution in [2.24, 2.45) is 34.9 Å². The van der Waals surface area contributed by atoms with E-state index in [1.54, 1.807) is 34.0 Å². The topological polar surface area (TPSA) is 184 Å². The van der Waals surface area contributed by atoms with E-state index in [2.05, 4.69) is 4.98 Å². The summed E-state index contributed by atoms with van der Waals surface area (Å²) in [5.74, 6) is 0.442. The van der Waals surface area contributed by atoms with Crippen molar-refractivity contribution in [3.05, 3.63) is 121 Å². The van der Waals surface area contributed by atoms with E-state index in [1.807, 2.05) is 64.1 Å². The third-order valence-electron chi connectivity index (χ3n) is 9.56. The molecule has 0 unspecified atom stereocenters. The number of hydrogen-bond donors (Lipinski definition) is 3. The van der Waals surface area contributed by atoms with Gasteiger partial charge < -0.3 is 20.1 Å². The largest absolute Gasteiger partial charge is 0.480 e. The standard InChI is InChI=1S/C38H28N10O4/c1-17-9-11-19(3)27-25(17)33-39-31-21-7-5-13-47(15-23(49)50)29(21)38(41-31)46-36-28-20(4)12-10-18(2)26(28)34(44-36)40-32-22-8-6-14-48(16-24(51)52)30(22)37(42-32)45-35(27)43-33/h5-14H,15-16H2,1-4H3,(H2-,39,40,41,42,43,44,45,46,49,50,51,52)/p+1. The van der Waals surface area contributed by atoms with Crippen molar-refractivity contribution >= 4 is 64.5 Å². The summed E-state index contributed by atoms with van der Waals surface area (Å²) < 4.78 is 1.59. The van der Waals surface area contributed by atoms with Crippen LogP contribution in [0, 0.1) is 27.7 Å². The molecule has 254 valence electrons. The summed E-state index contributed by atoms with van der Waals surface area (Å²) in [5.41, 5.74) is 8.87. The number of carboxylic acid groups (broad SMARTS) is 2. The molecule has 0 spiro atoms. The van der Waals surface area contributed by atoms with Gasteiger partial charge >= 0.3 is 11.9 Å². The van der Waals surface area contributed by atoms with Gasteiger partial charge in [-0.1, -0.05) is 24.3 Å². The summed E-state index contributed by atoms with van der Waals surface area (Å²) >= 11 is 0. The van der Waals surface area contributed by atoms with E-state index >= 15 is 0 Å². The first-order valence-corrected chi connectivity index (χ1v) is 16.5. The van der Waals surface area contributed by atoms with E-state index in [0.29, 0.717) is 62.6 Å². The molecule has 4 aromatic rings. The highest BCUT2D eigenvalue weighted by atomic mass is 16.4. The predicted octanol–water partition coefficient (Wildman–Crippen LogP) is 2.70. The van der Waals surface area contributed by atoms with Crippen molar-refractivity contribution in [2.45, 2.75) is 34.2 Å². The van der Waals surface area contributed by atoms with Gasteiger partial charge in [0.2, 0.25) is 12.4 Å². The number of carboxylic acids is 2. The first-order valence-electron chi connectivity index (χ1n) is 16.5. The van der Waals surface area contributed by atoms with Gasteiger partial charge in [-0.3, -0.25) is 4.79 Å². The lowest BCUT2D eigenvalue weighted by Crippen LogP contribution is -2.43. The molecule has 14 heteroatoms. The molecule has 0 fully saturated rings. The van der Waals surface area contributed by atoms with Crippen LogP contribution in [0.4, 0.5) is 11.5 Å².